The molecule has 106 valence electrons. The van der Waals surface area contributed by atoms with Crippen LogP contribution in [0.25, 0.3) is 0 Å². The van der Waals surface area contributed by atoms with Gasteiger partial charge in [0.25, 0.3) is 0 Å². The van der Waals surface area contributed by atoms with Gasteiger partial charge in [0.15, 0.2) is 0 Å². The molecule has 1 aromatic rings. The Labute approximate surface area is 111 Å². The van der Waals surface area contributed by atoms with Crippen LogP contribution in [0.5, 0.6) is 0 Å². The largest absolute Gasteiger partial charge is 0.480 e. The van der Waals surface area contributed by atoms with Crippen LogP contribution in [0.15, 0.2) is 12.5 Å². The summed E-state index contributed by atoms with van der Waals surface area (Å²) < 4.78 is 0. The fourth-order valence-corrected chi connectivity index (χ4v) is 1.49. The lowest BCUT2D eigenvalue weighted by molar-refractivity contribution is -0.139. The first-order chi connectivity index (χ1) is 9.13. The molecule has 0 bridgehead atoms. The minimum Gasteiger partial charge on any atom is -0.480 e. The Morgan fingerprint density at radius 3 is 2.84 bits per heavy atom. The van der Waals surface area contributed by atoms with E-state index in [-0.39, 0.29) is 6.42 Å². The van der Waals surface area contributed by atoms with Crippen molar-refractivity contribution >= 4 is 12.0 Å². The van der Waals surface area contributed by atoms with E-state index in [4.69, 9.17) is 5.11 Å². The van der Waals surface area contributed by atoms with Gasteiger partial charge in [-0.15, -0.1) is 0 Å². The molecule has 0 fully saturated rings. The van der Waals surface area contributed by atoms with E-state index in [1.165, 1.54) is 12.5 Å². The van der Waals surface area contributed by atoms with E-state index in [1.807, 2.05) is 7.05 Å². The first kappa shape index (κ1) is 15.0. The number of aromatic amines is 1. The first-order valence-electron chi connectivity index (χ1n) is 6.02. The molecule has 1 rings (SSSR count). The normalized spacial score (nSPS) is 11.8. The zero-order valence-corrected chi connectivity index (χ0v) is 10.8. The molecule has 0 spiro atoms. The van der Waals surface area contributed by atoms with Gasteiger partial charge in [0, 0.05) is 24.9 Å². The third-order valence-corrected chi connectivity index (χ3v) is 2.47. The zero-order chi connectivity index (χ0) is 14.1. The predicted molar refractivity (Wildman–Crippen MR) is 68.8 cm³/mol. The van der Waals surface area contributed by atoms with Gasteiger partial charge < -0.3 is 26.0 Å². The van der Waals surface area contributed by atoms with Crippen LogP contribution in [0.4, 0.5) is 4.79 Å². The lowest BCUT2D eigenvalue weighted by atomic mass is 10.2. The number of nitrogens with zero attached hydrogens (tertiary/aromatic N) is 1. The highest BCUT2D eigenvalue weighted by Gasteiger charge is 2.20. The average molecular weight is 269 g/mol. The van der Waals surface area contributed by atoms with Crippen molar-refractivity contribution in [2.75, 3.05) is 20.1 Å². The van der Waals surface area contributed by atoms with Gasteiger partial charge in [0.05, 0.1) is 6.33 Å². The summed E-state index contributed by atoms with van der Waals surface area (Å²) in [5, 5.41) is 17.0. The van der Waals surface area contributed by atoms with Gasteiger partial charge >= 0.3 is 12.0 Å². The summed E-state index contributed by atoms with van der Waals surface area (Å²) in [4.78, 5) is 29.2. The molecule has 0 aliphatic rings. The number of imidazole rings is 1. The maximum Gasteiger partial charge on any atom is 0.326 e. The monoisotopic (exact) mass is 269 g/mol. The van der Waals surface area contributed by atoms with Crippen LogP contribution in [0.2, 0.25) is 0 Å². The topological polar surface area (TPSA) is 119 Å². The molecule has 0 saturated carbocycles. The Kier molecular flexibility index (Phi) is 6.37. The average Bonchev–Trinajstić information content (AvgIpc) is 2.86. The van der Waals surface area contributed by atoms with Crippen molar-refractivity contribution in [1.29, 1.82) is 0 Å². The number of carboxylic acids is 1. The molecule has 5 N–H and O–H groups in total. The van der Waals surface area contributed by atoms with Crippen molar-refractivity contribution in [3.63, 3.8) is 0 Å². The maximum atomic E-state index is 11.5. The van der Waals surface area contributed by atoms with Gasteiger partial charge in [-0.1, -0.05) is 0 Å². The molecule has 0 unspecified atom stereocenters. The third-order valence-electron chi connectivity index (χ3n) is 2.47. The van der Waals surface area contributed by atoms with Crippen molar-refractivity contribution in [1.82, 2.24) is 25.9 Å². The van der Waals surface area contributed by atoms with Crippen LogP contribution in [0.1, 0.15) is 12.1 Å². The van der Waals surface area contributed by atoms with Gasteiger partial charge in [-0.25, -0.2) is 14.6 Å². The number of nitrogens with one attached hydrogen (secondary N) is 4. The molecular weight excluding hydrogens is 250 g/mol. The number of aliphatic carboxylic acids is 1. The fourth-order valence-electron chi connectivity index (χ4n) is 1.49. The second-order valence-corrected chi connectivity index (χ2v) is 4.03. The molecule has 19 heavy (non-hydrogen) atoms. The van der Waals surface area contributed by atoms with E-state index in [9.17, 15) is 9.59 Å². The Bertz CT molecular complexity index is 393. The number of H-pyrrole nitrogens is 1. The predicted octanol–water partition coefficient (Wildman–Crippen LogP) is -0.686. The Balaban J connectivity index is 2.36. The van der Waals surface area contributed by atoms with Crippen molar-refractivity contribution in [2.45, 2.75) is 18.9 Å². The second-order valence-electron chi connectivity index (χ2n) is 4.03. The van der Waals surface area contributed by atoms with E-state index in [0.29, 0.717) is 12.2 Å². The van der Waals surface area contributed by atoms with Crippen LogP contribution in [0.3, 0.4) is 0 Å². The number of carboxylic acid groups (broad SMARTS) is 1. The van der Waals surface area contributed by atoms with E-state index in [0.717, 1.165) is 13.0 Å². The van der Waals surface area contributed by atoms with Gasteiger partial charge in [0.1, 0.15) is 6.04 Å². The molecule has 0 aliphatic heterocycles. The first-order valence-corrected chi connectivity index (χ1v) is 6.02. The SMILES string of the molecule is CNCCCNC(=O)N[C@@H](Cc1cnc[nH]1)C(=O)O. The van der Waals surface area contributed by atoms with Crippen molar-refractivity contribution in [2.24, 2.45) is 0 Å². The van der Waals surface area contributed by atoms with Crippen molar-refractivity contribution in [3.05, 3.63) is 18.2 Å². The lowest BCUT2D eigenvalue weighted by Gasteiger charge is -2.14. The second kappa shape index (κ2) is 8.09. The molecule has 8 heteroatoms. The highest BCUT2D eigenvalue weighted by molar-refractivity contribution is 5.82. The number of carbonyl (C=O) groups is 2. The highest BCUT2D eigenvalue weighted by Crippen LogP contribution is 1.98. The molecule has 0 aromatic carbocycles. The number of hydrogen-bond acceptors (Lipinski definition) is 4. The standard InChI is InChI=1S/C11H19N5O3/c1-12-3-2-4-14-11(19)16-9(10(17)18)5-8-6-13-7-15-8/h6-7,9,12H,2-5H2,1H3,(H,13,15)(H,17,18)(H2,14,16,19)/t9-/m0/s1. The maximum absolute atomic E-state index is 11.5. The van der Waals surface area contributed by atoms with Gasteiger partial charge in [-0.3, -0.25) is 0 Å². The summed E-state index contributed by atoms with van der Waals surface area (Å²) in [5.74, 6) is -1.08. The van der Waals surface area contributed by atoms with E-state index in [1.54, 1.807) is 0 Å². The van der Waals surface area contributed by atoms with Crippen molar-refractivity contribution in [3.8, 4) is 0 Å². The summed E-state index contributed by atoms with van der Waals surface area (Å²) in [5.41, 5.74) is 0.655. The van der Waals surface area contributed by atoms with Crippen LogP contribution in [-0.2, 0) is 11.2 Å². The number of hydrogen-bond donors (Lipinski definition) is 5. The van der Waals surface area contributed by atoms with Crippen LogP contribution in [0, 0.1) is 0 Å². The summed E-state index contributed by atoms with van der Waals surface area (Å²) in [6.07, 6.45) is 3.94. The molecule has 2 amide bonds. The number of urea groups is 1. The van der Waals surface area contributed by atoms with Crippen molar-refractivity contribution < 1.29 is 14.7 Å². The quantitative estimate of drug-likeness (QED) is 0.400. The third kappa shape index (κ3) is 5.87. The molecule has 0 radical (unpaired) electrons. The zero-order valence-electron chi connectivity index (χ0n) is 10.8. The Morgan fingerprint density at radius 1 is 1.47 bits per heavy atom. The molecular formula is C11H19N5O3. The summed E-state index contributed by atoms with van der Waals surface area (Å²) in [6.45, 7) is 1.28. The molecule has 0 saturated heterocycles. The molecule has 1 atom stereocenters. The van der Waals surface area contributed by atoms with E-state index in [2.05, 4.69) is 25.9 Å². The Morgan fingerprint density at radius 2 is 2.26 bits per heavy atom. The van der Waals surface area contributed by atoms with Crippen LogP contribution < -0.4 is 16.0 Å². The minimum absolute atomic E-state index is 0.166. The molecule has 8 nitrogen and oxygen atoms in total. The molecule has 1 aromatic heterocycles. The summed E-state index contributed by atoms with van der Waals surface area (Å²) in [7, 11) is 1.82. The van der Waals surface area contributed by atoms with Crippen LogP contribution in [-0.4, -0.2) is 53.3 Å². The fraction of sp³-hybridized carbons (Fsp3) is 0.545. The minimum atomic E-state index is -1.08. The Hall–Kier alpha value is -2.09. The smallest absolute Gasteiger partial charge is 0.326 e. The number of amides is 2. The molecule has 0 aliphatic carbocycles. The number of carbonyl (C=O) groups excluding carboxylic acids is 1. The number of aromatic nitrogens is 2. The van der Waals surface area contributed by atoms with Crippen LogP contribution >= 0.6 is 0 Å². The van der Waals surface area contributed by atoms with Gasteiger partial charge in [-0.05, 0) is 20.0 Å². The van der Waals surface area contributed by atoms with E-state index >= 15 is 0 Å². The summed E-state index contributed by atoms with van der Waals surface area (Å²) in [6, 6.07) is -1.47. The number of rotatable bonds is 8. The van der Waals surface area contributed by atoms with Gasteiger partial charge in [-0.2, -0.15) is 0 Å². The highest BCUT2D eigenvalue weighted by atomic mass is 16.4. The lowest BCUT2D eigenvalue weighted by Crippen LogP contribution is -2.47. The van der Waals surface area contributed by atoms with Gasteiger partial charge in [0.2, 0.25) is 0 Å². The summed E-state index contributed by atoms with van der Waals surface area (Å²) >= 11 is 0. The molecule has 1 heterocycles. The van der Waals surface area contributed by atoms with E-state index < -0.39 is 18.0 Å².